The number of aryl methyl sites for hydroxylation is 2. The maximum absolute atomic E-state index is 9.27. The number of nitrogens with one attached hydrogen (secondary N) is 2. The van der Waals surface area contributed by atoms with E-state index in [-0.39, 0.29) is 5.54 Å². The third kappa shape index (κ3) is 4.56. The normalized spacial score (nSPS) is 16.5. The van der Waals surface area contributed by atoms with Crippen LogP contribution in [-0.4, -0.2) is 56.6 Å². The average Bonchev–Trinajstić information content (AvgIpc) is 3.57. The average molecular weight is 463 g/mol. The van der Waals surface area contributed by atoms with Crippen LogP contribution in [0.2, 0.25) is 0 Å². The Morgan fingerprint density at radius 2 is 1.79 bits per heavy atom. The lowest BCUT2D eigenvalue weighted by Gasteiger charge is -2.44. The predicted octanol–water partition coefficient (Wildman–Crippen LogP) is 3.09. The van der Waals surface area contributed by atoms with Gasteiger partial charge in [-0.2, -0.15) is 0 Å². The number of hydrogen-bond acceptors (Lipinski definition) is 5. The summed E-state index contributed by atoms with van der Waals surface area (Å²) in [5.74, 6) is 1.51. The van der Waals surface area contributed by atoms with Crippen molar-refractivity contribution >= 4 is 55.9 Å². The van der Waals surface area contributed by atoms with Gasteiger partial charge in [0, 0.05) is 36.3 Å². The fourth-order valence-corrected chi connectivity index (χ4v) is 5.41. The number of pyridine rings is 1. The van der Waals surface area contributed by atoms with Gasteiger partial charge in [0.05, 0.1) is 11.2 Å². The molecule has 0 atom stereocenters. The molecule has 2 aromatic carbocycles. The van der Waals surface area contributed by atoms with E-state index >= 15 is 0 Å². The Bertz CT molecular complexity index is 1210. The molecule has 3 aromatic rings. The van der Waals surface area contributed by atoms with Gasteiger partial charge in [0.25, 0.3) is 0 Å². The number of aromatic nitrogens is 1. The molecule has 168 valence electrons. The number of rotatable bonds is 5. The van der Waals surface area contributed by atoms with Gasteiger partial charge in [-0.1, -0.05) is 40.8 Å². The van der Waals surface area contributed by atoms with E-state index in [4.69, 9.17) is 15.7 Å². The molecular weight excluding hydrogens is 436 g/mol. The Morgan fingerprint density at radius 3 is 2.47 bits per heavy atom. The fraction of sp³-hybridized carbons (Fsp3) is 0.308. The maximum Gasteiger partial charge on any atom is 0.131 e. The lowest BCUT2D eigenvalue weighted by molar-refractivity contribution is 0.258. The summed E-state index contributed by atoms with van der Waals surface area (Å²) < 4.78 is 3.48. The van der Waals surface area contributed by atoms with E-state index in [0.717, 1.165) is 60.0 Å². The van der Waals surface area contributed by atoms with E-state index < -0.39 is 0 Å². The quantitative estimate of drug-likeness (QED) is 0.264. The molecule has 1 spiro atoms. The Morgan fingerprint density at radius 1 is 1.03 bits per heavy atom. The first-order valence-corrected chi connectivity index (χ1v) is 12.4. The van der Waals surface area contributed by atoms with Gasteiger partial charge >= 0.3 is 0 Å². The van der Waals surface area contributed by atoms with Gasteiger partial charge in [0.1, 0.15) is 27.3 Å². The van der Waals surface area contributed by atoms with Crippen molar-refractivity contribution in [1.82, 2.24) is 9.88 Å². The van der Waals surface area contributed by atoms with Crippen LogP contribution in [0.4, 0.5) is 11.5 Å². The topological polar surface area (TPSA) is 55.2 Å². The van der Waals surface area contributed by atoms with Crippen LogP contribution in [0.5, 0.6) is 0 Å². The van der Waals surface area contributed by atoms with Crippen LogP contribution in [0.1, 0.15) is 29.5 Å². The Labute approximate surface area is 208 Å². The molecule has 5 nitrogen and oxygen atoms in total. The van der Waals surface area contributed by atoms with E-state index in [0.29, 0.717) is 16.8 Å². The summed E-state index contributed by atoms with van der Waals surface area (Å²) in [5.41, 5.74) is 5.39. The summed E-state index contributed by atoms with van der Waals surface area (Å²) in [7, 11) is 12.0. The Kier molecular flexibility index (Phi) is 6.11. The van der Waals surface area contributed by atoms with Gasteiger partial charge in [-0.3, -0.25) is 5.41 Å². The molecule has 2 N–H and O–H groups in total. The molecule has 4 radical (unpaired) electrons. The number of anilines is 2. The molecule has 1 aliphatic carbocycles. The van der Waals surface area contributed by atoms with Gasteiger partial charge in [0.15, 0.2) is 0 Å². The highest BCUT2D eigenvalue weighted by Gasteiger charge is 2.52. The lowest BCUT2D eigenvalue weighted by Crippen LogP contribution is -2.57. The van der Waals surface area contributed by atoms with Crippen molar-refractivity contribution in [3.63, 3.8) is 0 Å². The molecule has 2 heterocycles. The van der Waals surface area contributed by atoms with Crippen molar-refractivity contribution in [2.45, 2.75) is 37.1 Å². The van der Waals surface area contributed by atoms with Gasteiger partial charge in [-0.25, -0.2) is 4.98 Å². The number of amidine groups is 1. The number of benzene rings is 2. The second-order valence-electron chi connectivity index (χ2n) is 9.37. The molecule has 1 aromatic heterocycles. The monoisotopic (exact) mass is 463 g/mol. The number of nitrogens with zero attached hydrogens (tertiary/aromatic N) is 3. The van der Waals surface area contributed by atoms with Crippen molar-refractivity contribution in [3.05, 3.63) is 71.4 Å². The van der Waals surface area contributed by atoms with Crippen LogP contribution in [0.25, 0.3) is 0 Å². The summed E-state index contributed by atoms with van der Waals surface area (Å²) in [6.07, 6.45) is 3.87. The second-order valence-corrected chi connectivity index (χ2v) is 10.3. The highest BCUT2D eigenvalue weighted by molar-refractivity contribution is 8.00. The lowest BCUT2D eigenvalue weighted by atomic mass is 9.90. The van der Waals surface area contributed by atoms with E-state index in [1.807, 2.05) is 31.2 Å². The van der Waals surface area contributed by atoms with Crippen molar-refractivity contribution in [2.75, 3.05) is 29.3 Å². The molecule has 0 bridgehead atoms. The first-order valence-electron chi connectivity index (χ1n) is 11.6. The zero-order valence-electron chi connectivity index (χ0n) is 19.6. The van der Waals surface area contributed by atoms with Crippen LogP contribution in [0.3, 0.4) is 0 Å². The van der Waals surface area contributed by atoms with Gasteiger partial charge in [-0.05, 0) is 68.5 Å². The minimum absolute atomic E-state index is 0.0202. The molecule has 1 saturated carbocycles. The summed E-state index contributed by atoms with van der Waals surface area (Å²) >= 11 is 1.54. The van der Waals surface area contributed by atoms with Gasteiger partial charge in [-0.15, -0.1) is 0 Å². The zero-order chi connectivity index (χ0) is 23.9. The largest absolute Gasteiger partial charge is 0.352 e. The number of piperazine rings is 1. The minimum Gasteiger partial charge on any atom is -0.352 e. The second kappa shape index (κ2) is 9.06. The molecule has 5 rings (SSSR count). The van der Waals surface area contributed by atoms with E-state index in [1.54, 1.807) is 18.1 Å². The molecule has 2 aliphatic rings. The van der Waals surface area contributed by atoms with Crippen LogP contribution < -0.4 is 20.5 Å². The third-order valence-corrected chi connectivity index (χ3v) is 7.57. The summed E-state index contributed by atoms with van der Waals surface area (Å²) in [6.45, 7) is 6.58. The van der Waals surface area contributed by atoms with Crippen molar-refractivity contribution in [3.8, 4) is 0 Å². The van der Waals surface area contributed by atoms with Crippen molar-refractivity contribution < 1.29 is 0 Å². The van der Waals surface area contributed by atoms with Crippen molar-refractivity contribution in [1.29, 1.82) is 5.41 Å². The highest BCUT2D eigenvalue weighted by Crippen LogP contribution is 2.46. The number of hydrogen-bond donors (Lipinski definition) is 2. The van der Waals surface area contributed by atoms with Gasteiger partial charge in [0.2, 0.25) is 0 Å². The minimum atomic E-state index is -0.0202. The molecule has 0 amide bonds. The van der Waals surface area contributed by atoms with Crippen LogP contribution in [0.15, 0.2) is 59.6 Å². The SMILES string of the molecule is [B]c1ccc(N2CCN(C(=N)c3c(C)cc([B])cc3NSc3ccc(C)cc3)C3(CC3)C2)nc1. The Hall–Kier alpha value is -2.86. The predicted molar refractivity (Wildman–Crippen MR) is 145 cm³/mol. The summed E-state index contributed by atoms with van der Waals surface area (Å²) in [6, 6.07) is 16.2. The first kappa shape index (κ1) is 22.9. The zero-order valence-corrected chi connectivity index (χ0v) is 20.5. The van der Waals surface area contributed by atoms with Crippen LogP contribution in [-0.2, 0) is 0 Å². The molecule has 8 heteroatoms. The van der Waals surface area contributed by atoms with E-state index in [1.165, 1.54) is 5.56 Å². The molecule has 1 saturated heterocycles. The van der Waals surface area contributed by atoms with Gasteiger partial charge < -0.3 is 14.5 Å². The molecule has 2 fully saturated rings. The first-order chi connectivity index (χ1) is 16.3. The van der Waals surface area contributed by atoms with E-state index in [9.17, 15) is 5.41 Å². The molecule has 0 unspecified atom stereocenters. The highest BCUT2D eigenvalue weighted by atomic mass is 32.2. The summed E-state index contributed by atoms with van der Waals surface area (Å²) in [4.78, 5) is 10.2. The molecular formula is C26H27B2N5S. The molecule has 1 aliphatic heterocycles. The van der Waals surface area contributed by atoms with Crippen molar-refractivity contribution in [2.24, 2.45) is 0 Å². The maximum atomic E-state index is 9.27. The van der Waals surface area contributed by atoms with Crippen LogP contribution >= 0.6 is 11.9 Å². The summed E-state index contributed by atoms with van der Waals surface area (Å²) in [5, 5.41) is 9.27. The smallest absolute Gasteiger partial charge is 0.131 e. The third-order valence-electron chi connectivity index (χ3n) is 6.74. The van der Waals surface area contributed by atoms with E-state index in [2.05, 4.69) is 50.7 Å². The standard InChI is InChI=1S/C26H27B2N5S/c1-17-3-6-21(7-4-17)34-31-22-14-20(28)13-18(2)24(22)25(29)33-12-11-32(16-26(33)9-10-26)23-8-5-19(27)15-30-23/h3-8,13-15,29,31H,9-12,16H2,1-2H3. The fourth-order valence-electron chi connectivity index (χ4n) is 4.74. The molecule has 34 heavy (non-hydrogen) atoms. The Balaban J connectivity index is 1.38. The van der Waals surface area contributed by atoms with Crippen LogP contribution in [0, 0.1) is 19.3 Å².